The van der Waals surface area contributed by atoms with Crippen LogP contribution in [-0.4, -0.2) is 25.7 Å². The van der Waals surface area contributed by atoms with Crippen molar-refractivity contribution in [1.82, 2.24) is 19.7 Å². The number of hydrogen-bond acceptors (Lipinski definition) is 5. The Balaban J connectivity index is 1.92. The van der Waals surface area contributed by atoms with E-state index in [9.17, 15) is 4.79 Å². The highest BCUT2D eigenvalue weighted by Gasteiger charge is 2.27. The lowest BCUT2D eigenvalue weighted by molar-refractivity contribution is 0.0752. The van der Waals surface area contributed by atoms with Gasteiger partial charge < -0.3 is 5.32 Å². The third-order valence-corrected chi connectivity index (χ3v) is 3.98. The van der Waals surface area contributed by atoms with Crippen LogP contribution < -0.4 is 5.32 Å². The molecular weight excluding hydrogens is 350 g/mol. The minimum Gasteiger partial charge on any atom is -0.350 e. The highest BCUT2D eigenvalue weighted by molar-refractivity contribution is 6.30. The molecule has 0 saturated heterocycles. The number of halogens is 1. The summed E-state index contributed by atoms with van der Waals surface area (Å²) in [6, 6.07) is 11.2. The fraction of sp³-hybridized carbons (Fsp3) is 0.263. The van der Waals surface area contributed by atoms with Crippen molar-refractivity contribution in [3.05, 3.63) is 59.4 Å². The molecule has 0 aliphatic rings. The van der Waals surface area contributed by atoms with Crippen molar-refractivity contribution >= 4 is 23.5 Å². The Labute approximate surface area is 157 Å². The number of rotatable bonds is 4. The molecule has 0 radical (unpaired) electrons. The maximum Gasteiger partial charge on any atom is 0.255 e. The smallest absolute Gasteiger partial charge is 0.255 e. The fourth-order valence-electron chi connectivity index (χ4n) is 2.29. The average molecular weight is 370 g/mol. The molecule has 0 bridgehead atoms. The van der Waals surface area contributed by atoms with Crippen LogP contribution in [0.3, 0.4) is 0 Å². The van der Waals surface area contributed by atoms with E-state index >= 15 is 0 Å². The first-order chi connectivity index (χ1) is 12.3. The third-order valence-electron chi connectivity index (χ3n) is 3.72. The van der Waals surface area contributed by atoms with Crippen molar-refractivity contribution in [2.45, 2.75) is 27.3 Å². The van der Waals surface area contributed by atoms with Crippen molar-refractivity contribution in [1.29, 1.82) is 0 Å². The van der Waals surface area contributed by atoms with Gasteiger partial charge in [0.2, 0.25) is 5.95 Å². The highest BCUT2D eigenvalue weighted by atomic mass is 35.5. The number of pyridine rings is 1. The molecule has 0 amide bonds. The Morgan fingerprint density at radius 2 is 1.92 bits per heavy atom. The molecule has 0 aliphatic heterocycles. The zero-order valence-electron chi connectivity index (χ0n) is 14.9. The Bertz CT molecular complexity index is 898. The number of carbonyl (C=O) groups is 1. The summed E-state index contributed by atoms with van der Waals surface area (Å²) in [6.07, 6.45) is 3.35. The van der Waals surface area contributed by atoms with E-state index in [1.54, 1.807) is 12.4 Å². The molecule has 134 valence electrons. The lowest BCUT2D eigenvalue weighted by Gasteiger charge is -2.17. The van der Waals surface area contributed by atoms with Crippen molar-refractivity contribution in [2.24, 2.45) is 5.41 Å². The van der Waals surface area contributed by atoms with Gasteiger partial charge in [0.25, 0.3) is 5.91 Å². The Morgan fingerprint density at radius 3 is 2.54 bits per heavy atom. The molecule has 0 saturated carbocycles. The molecule has 3 aromatic rings. The predicted molar refractivity (Wildman–Crippen MR) is 102 cm³/mol. The first kappa shape index (κ1) is 18.1. The van der Waals surface area contributed by atoms with E-state index in [1.165, 1.54) is 4.68 Å². The van der Waals surface area contributed by atoms with E-state index in [0.717, 1.165) is 11.1 Å². The van der Waals surface area contributed by atoms with E-state index < -0.39 is 5.41 Å². The molecule has 26 heavy (non-hydrogen) atoms. The second kappa shape index (κ2) is 7.25. The molecule has 1 N–H and O–H groups in total. The van der Waals surface area contributed by atoms with Gasteiger partial charge in [-0.05, 0) is 29.8 Å². The average Bonchev–Trinajstić information content (AvgIpc) is 3.04. The summed E-state index contributed by atoms with van der Waals surface area (Å²) in [5, 5.41) is 8.28. The predicted octanol–water partition coefficient (Wildman–Crippen LogP) is 4.29. The molecule has 0 aliphatic carbocycles. The minimum absolute atomic E-state index is 0.140. The molecule has 0 spiro atoms. The van der Waals surface area contributed by atoms with Crippen LogP contribution in [0, 0.1) is 5.41 Å². The van der Waals surface area contributed by atoms with E-state index in [4.69, 9.17) is 11.6 Å². The number of anilines is 1. The fourth-order valence-corrected chi connectivity index (χ4v) is 2.41. The normalized spacial score (nSPS) is 11.4. The van der Waals surface area contributed by atoms with Gasteiger partial charge in [-0.25, -0.2) is 0 Å². The van der Waals surface area contributed by atoms with Gasteiger partial charge in [0.1, 0.15) is 0 Å². The standard InChI is InChI=1S/C19H20ClN5O/c1-19(2,3)17(26)25-18(22-11-13-6-8-15(20)9-7-13)23-16(24-25)14-5-4-10-21-12-14/h4-10,12H,11H2,1-3H3,(H,22,23,24). The van der Waals surface area contributed by atoms with Gasteiger partial charge in [0.05, 0.1) is 0 Å². The topological polar surface area (TPSA) is 72.7 Å². The van der Waals surface area contributed by atoms with Gasteiger partial charge >= 0.3 is 0 Å². The largest absolute Gasteiger partial charge is 0.350 e. The zero-order valence-corrected chi connectivity index (χ0v) is 15.7. The van der Waals surface area contributed by atoms with Crippen LogP contribution in [-0.2, 0) is 6.54 Å². The van der Waals surface area contributed by atoms with Crippen LogP contribution in [0.2, 0.25) is 5.02 Å². The Morgan fingerprint density at radius 1 is 1.19 bits per heavy atom. The van der Waals surface area contributed by atoms with E-state index in [1.807, 2.05) is 57.2 Å². The number of aromatic nitrogens is 4. The van der Waals surface area contributed by atoms with Crippen LogP contribution in [0.4, 0.5) is 5.95 Å². The number of carbonyl (C=O) groups excluding carboxylic acids is 1. The summed E-state index contributed by atoms with van der Waals surface area (Å²) in [4.78, 5) is 21.4. The summed E-state index contributed by atoms with van der Waals surface area (Å²) in [7, 11) is 0. The lowest BCUT2D eigenvalue weighted by Crippen LogP contribution is -2.29. The van der Waals surface area contributed by atoms with E-state index in [2.05, 4.69) is 20.4 Å². The van der Waals surface area contributed by atoms with Crippen LogP contribution in [0.1, 0.15) is 31.1 Å². The molecule has 2 heterocycles. The summed E-state index contributed by atoms with van der Waals surface area (Å²) < 4.78 is 1.33. The van der Waals surface area contributed by atoms with E-state index in [0.29, 0.717) is 23.3 Å². The molecule has 2 aromatic heterocycles. The van der Waals surface area contributed by atoms with Crippen LogP contribution >= 0.6 is 11.6 Å². The van der Waals surface area contributed by atoms with Gasteiger partial charge in [-0.3, -0.25) is 9.78 Å². The van der Waals surface area contributed by atoms with Crippen molar-refractivity contribution in [3.63, 3.8) is 0 Å². The van der Waals surface area contributed by atoms with Gasteiger partial charge in [-0.1, -0.05) is 44.5 Å². The summed E-state index contributed by atoms with van der Waals surface area (Å²) in [5.74, 6) is 0.715. The molecule has 6 nitrogen and oxygen atoms in total. The summed E-state index contributed by atoms with van der Waals surface area (Å²) >= 11 is 5.92. The quantitative estimate of drug-likeness (QED) is 0.742. The third kappa shape index (κ3) is 4.08. The lowest BCUT2D eigenvalue weighted by atomic mass is 9.96. The van der Waals surface area contributed by atoms with Crippen LogP contribution in [0.15, 0.2) is 48.8 Å². The highest BCUT2D eigenvalue weighted by Crippen LogP contribution is 2.22. The van der Waals surface area contributed by atoms with Gasteiger partial charge in [-0.2, -0.15) is 9.67 Å². The first-order valence-corrected chi connectivity index (χ1v) is 8.63. The van der Waals surface area contributed by atoms with Crippen molar-refractivity contribution in [2.75, 3.05) is 5.32 Å². The van der Waals surface area contributed by atoms with Gasteiger partial charge in [-0.15, -0.1) is 5.10 Å². The number of benzene rings is 1. The molecule has 3 rings (SSSR count). The van der Waals surface area contributed by atoms with Crippen molar-refractivity contribution < 1.29 is 4.79 Å². The molecule has 1 aromatic carbocycles. The second-order valence-electron chi connectivity index (χ2n) is 6.95. The summed E-state index contributed by atoms with van der Waals surface area (Å²) in [6.45, 7) is 6.05. The SMILES string of the molecule is CC(C)(C)C(=O)n1nc(-c2cccnc2)nc1NCc1ccc(Cl)cc1. The summed E-state index contributed by atoms with van der Waals surface area (Å²) in [5.41, 5.74) is 1.19. The number of nitrogens with one attached hydrogen (secondary N) is 1. The molecule has 0 atom stereocenters. The first-order valence-electron chi connectivity index (χ1n) is 8.25. The van der Waals surface area contributed by atoms with Gasteiger partial charge in [0, 0.05) is 34.9 Å². The zero-order chi connectivity index (χ0) is 18.7. The number of hydrogen-bond donors (Lipinski definition) is 1. The Hall–Kier alpha value is -2.73. The van der Waals surface area contributed by atoms with Crippen molar-refractivity contribution in [3.8, 4) is 11.4 Å². The monoisotopic (exact) mass is 369 g/mol. The van der Waals surface area contributed by atoms with Crippen LogP contribution in [0.25, 0.3) is 11.4 Å². The number of nitrogens with zero attached hydrogens (tertiary/aromatic N) is 4. The maximum atomic E-state index is 12.8. The van der Waals surface area contributed by atoms with Crippen LogP contribution in [0.5, 0.6) is 0 Å². The molecule has 0 unspecified atom stereocenters. The van der Waals surface area contributed by atoms with E-state index in [-0.39, 0.29) is 5.91 Å². The van der Waals surface area contributed by atoms with Gasteiger partial charge in [0.15, 0.2) is 5.82 Å². The minimum atomic E-state index is -0.587. The molecule has 0 fully saturated rings. The maximum absolute atomic E-state index is 12.8. The second-order valence-corrected chi connectivity index (χ2v) is 7.38. The Kier molecular flexibility index (Phi) is 5.04. The molecular formula is C19H20ClN5O. The molecule has 7 heteroatoms.